The molecule has 0 bridgehead atoms. The topological polar surface area (TPSA) is 75.1 Å². The predicted molar refractivity (Wildman–Crippen MR) is 83.7 cm³/mol. The van der Waals surface area contributed by atoms with Gasteiger partial charge in [-0.3, -0.25) is 9.97 Å². The van der Waals surface area contributed by atoms with Gasteiger partial charge in [-0.1, -0.05) is 12.1 Å². The average Bonchev–Trinajstić information content (AvgIpc) is 2.56. The van der Waals surface area contributed by atoms with Crippen molar-refractivity contribution in [3.8, 4) is 11.3 Å². The molecule has 1 saturated heterocycles. The number of aromatic carboxylic acids is 1. The van der Waals surface area contributed by atoms with E-state index in [4.69, 9.17) is 5.11 Å². The highest BCUT2D eigenvalue weighted by molar-refractivity contribution is 5.89. The van der Waals surface area contributed by atoms with Crippen LogP contribution in [0.5, 0.6) is 0 Å². The van der Waals surface area contributed by atoms with E-state index in [-0.39, 0.29) is 5.56 Å². The molecule has 0 saturated carbocycles. The molecular formula is C17H19N3O2. The Morgan fingerprint density at radius 1 is 1.32 bits per heavy atom. The van der Waals surface area contributed by atoms with Crippen LogP contribution in [0.3, 0.4) is 0 Å². The van der Waals surface area contributed by atoms with Crippen molar-refractivity contribution in [2.24, 2.45) is 5.92 Å². The van der Waals surface area contributed by atoms with Crippen molar-refractivity contribution in [1.82, 2.24) is 15.3 Å². The third kappa shape index (κ3) is 3.31. The van der Waals surface area contributed by atoms with Crippen molar-refractivity contribution in [1.29, 1.82) is 0 Å². The number of benzene rings is 1. The second-order valence-electron chi connectivity index (χ2n) is 5.65. The van der Waals surface area contributed by atoms with Crippen molar-refractivity contribution >= 4 is 5.97 Å². The van der Waals surface area contributed by atoms with Crippen LogP contribution in [0.4, 0.5) is 0 Å². The number of nitrogens with zero attached hydrogens (tertiary/aromatic N) is 2. The zero-order valence-corrected chi connectivity index (χ0v) is 12.3. The van der Waals surface area contributed by atoms with Gasteiger partial charge in [0.1, 0.15) is 0 Å². The van der Waals surface area contributed by atoms with Gasteiger partial charge < -0.3 is 10.4 Å². The lowest BCUT2D eigenvalue weighted by Gasteiger charge is -2.23. The van der Waals surface area contributed by atoms with Gasteiger partial charge in [-0.15, -0.1) is 0 Å². The molecule has 2 N–H and O–H groups in total. The number of hydrogen-bond donors (Lipinski definition) is 2. The highest BCUT2D eigenvalue weighted by atomic mass is 16.4. The van der Waals surface area contributed by atoms with E-state index in [2.05, 4.69) is 15.3 Å². The van der Waals surface area contributed by atoms with Crippen LogP contribution in [-0.4, -0.2) is 34.1 Å². The second-order valence-corrected chi connectivity index (χ2v) is 5.65. The Morgan fingerprint density at radius 2 is 2.18 bits per heavy atom. The summed E-state index contributed by atoms with van der Waals surface area (Å²) in [6.07, 6.45) is 6.61. The summed E-state index contributed by atoms with van der Waals surface area (Å²) < 4.78 is 0. The van der Waals surface area contributed by atoms with Crippen molar-refractivity contribution in [2.75, 3.05) is 13.1 Å². The predicted octanol–water partition coefficient (Wildman–Crippen LogP) is 2.38. The van der Waals surface area contributed by atoms with Gasteiger partial charge in [0.2, 0.25) is 0 Å². The van der Waals surface area contributed by atoms with Gasteiger partial charge in [-0.05, 0) is 50.4 Å². The molecule has 3 rings (SSSR count). The largest absolute Gasteiger partial charge is 0.478 e. The Kier molecular flexibility index (Phi) is 4.44. The lowest BCUT2D eigenvalue weighted by Crippen LogP contribution is -2.31. The zero-order chi connectivity index (χ0) is 15.4. The van der Waals surface area contributed by atoms with Crippen LogP contribution in [0.15, 0.2) is 36.7 Å². The minimum Gasteiger partial charge on any atom is -0.478 e. The van der Waals surface area contributed by atoms with E-state index in [1.807, 2.05) is 6.07 Å². The summed E-state index contributed by atoms with van der Waals surface area (Å²) in [6, 6.07) is 6.89. The molecule has 2 aromatic rings. The number of aromatic nitrogens is 2. The first-order chi connectivity index (χ1) is 10.7. The fourth-order valence-electron chi connectivity index (χ4n) is 2.93. The number of rotatable bonds is 4. The molecular weight excluding hydrogens is 278 g/mol. The number of piperidine rings is 1. The maximum Gasteiger partial charge on any atom is 0.335 e. The Labute approximate surface area is 129 Å². The van der Waals surface area contributed by atoms with Crippen LogP contribution < -0.4 is 5.32 Å². The van der Waals surface area contributed by atoms with Gasteiger partial charge in [-0.25, -0.2) is 4.79 Å². The van der Waals surface area contributed by atoms with E-state index in [1.165, 1.54) is 12.8 Å². The molecule has 1 aromatic heterocycles. The maximum atomic E-state index is 11.1. The molecule has 1 atom stereocenters. The number of hydrogen-bond acceptors (Lipinski definition) is 4. The van der Waals surface area contributed by atoms with Gasteiger partial charge >= 0.3 is 5.97 Å². The molecule has 0 radical (unpaired) electrons. The van der Waals surface area contributed by atoms with E-state index in [9.17, 15) is 4.79 Å². The average molecular weight is 297 g/mol. The summed E-state index contributed by atoms with van der Waals surface area (Å²) in [5.74, 6) is -0.365. The molecule has 2 heterocycles. The lowest BCUT2D eigenvalue weighted by molar-refractivity contribution is 0.0697. The van der Waals surface area contributed by atoms with E-state index >= 15 is 0 Å². The smallest absolute Gasteiger partial charge is 0.335 e. The third-order valence-electron chi connectivity index (χ3n) is 4.04. The van der Waals surface area contributed by atoms with Crippen LogP contribution in [0.2, 0.25) is 0 Å². The summed E-state index contributed by atoms with van der Waals surface area (Å²) in [6.45, 7) is 2.09. The van der Waals surface area contributed by atoms with E-state index < -0.39 is 5.97 Å². The quantitative estimate of drug-likeness (QED) is 0.906. The molecule has 5 heteroatoms. The lowest BCUT2D eigenvalue weighted by atomic mass is 9.92. The van der Waals surface area contributed by atoms with Crippen LogP contribution in [0.1, 0.15) is 28.9 Å². The van der Waals surface area contributed by atoms with E-state index in [0.717, 1.165) is 36.5 Å². The fourth-order valence-corrected chi connectivity index (χ4v) is 2.93. The molecule has 1 fully saturated rings. The first-order valence-corrected chi connectivity index (χ1v) is 7.58. The van der Waals surface area contributed by atoms with Crippen molar-refractivity contribution in [3.05, 3.63) is 47.9 Å². The van der Waals surface area contributed by atoms with Gasteiger partial charge in [0.25, 0.3) is 0 Å². The maximum absolute atomic E-state index is 11.1. The molecule has 0 unspecified atom stereocenters. The first-order valence-electron chi connectivity index (χ1n) is 7.58. The summed E-state index contributed by atoms with van der Waals surface area (Å²) in [5, 5.41) is 12.6. The Bertz CT molecular complexity index is 666. The fraction of sp³-hybridized carbons (Fsp3) is 0.353. The summed E-state index contributed by atoms with van der Waals surface area (Å²) in [4.78, 5) is 20.1. The molecule has 5 nitrogen and oxygen atoms in total. The van der Waals surface area contributed by atoms with Gasteiger partial charge in [-0.2, -0.15) is 0 Å². The molecule has 0 amide bonds. The number of nitrogens with one attached hydrogen (secondary N) is 1. The highest BCUT2D eigenvalue weighted by Gasteiger charge is 2.17. The normalized spacial score (nSPS) is 18.1. The number of carbonyl (C=O) groups is 1. The Balaban J connectivity index is 1.90. The third-order valence-corrected chi connectivity index (χ3v) is 4.04. The molecule has 114 valence electrons. The van der Waals surface area contributed by atoms with Crippen LogP contribution in [0, 0.1) is 5.92 Å². The van der Waals surface area contributed by atoms with Crippen molar-refractivity contribution < 1.29 is 9.90 Å². The van der Waals surface area contributed by atoms with Crippen LogP contribution in [0.25, 0.3) is 11.3 Å². The highest BCUT2D eigenvalue weighted by Crippen LogP contribution is 2.24. The minimum atomic E-state index is -0.927. The summed E-state index contributed by atoms with van der Waals surface area (Å²) in [5.41, 5.74) is 2.81. The zero-order valence-electron chi connectivity index (χ0n) is 12.3. The monoisotopic (exact) mass is 297 g/mol. The van der Waals surface area contributed by atoms with Gasteiger partial charge in [0, 0.05) is 18.0 Å². The SMILES string of the molecule is O=C(O)c1cccc(-c2nccnc2C[C@H]2CCCNC2)c1. The van der Waals surface area contributed by atoms with E-state index in [1.54, 1.807) is 30.6 Å². The minimum absolute atomic E-state index is 0.272. The first kappa shape index (κ1) is 14.7. The number of carboxylic acids is 1. The van der Waals surface area contributed by atoms with Gasteiger partial charge in [0.15, 0.2) is 0 Å². The Hall–Kier alpha value is -2.27. The second kappa shape index (κ2) is 6.66. The Morgan fingerprint density at radius 3 is 2.95 bits per heavy atom. The molecule has 1 aliphatic rings. The standard InChI is InChI=1S/C17H19N3O2/c21-17(22)14-5-1-4-13(10-14)16-15(19-7-8-20-16)9-12-3-2-6-18-11-12/h1,4-5,7-8,10,12,18H,2-3,6,9,11H2,(H,21,22)/t12-/m1/s1. The molecule has 0 aliphatic carbocycles. The molecule has 1 aromatic carbocycles. The summed E-state index contributed by atoms with van der Waals surface area (Å²) in [7, 11) is 0. The van der Waals surface area contributed by atoms with Gasteiger partial charge in [0.05, 0.1) is 17.0 Å². The summed E-state index contributed by atoms with van der Waals surface area (Å²) >= 11 is 0. The number of carboxylic acid groups (broad SMARTS) is 1. The molecule has 1 aliphatic heterocycles. The van der Waals surface area contributed by atoms with Crippen molar-refractivity contribution in [2.45, 2.75) is 19.3 Å². The van der Waals surface area contributed by atoms with E-state index in [0.29, 0.717) is 5.92 Å². The molecule has 0 spiro atoms. The van der Waals surface area contributed by atoms with Crippen LogP contribution >= 0.6 is 0 Å². The van der Waals surface area contributed by atoms with Crippen molar-refractivity contribution in [3.63, 3.8) is 0 Å². The molecule has 22 heavy (non-hydrogen) atoms. The van der Waals surface area contributed by atoms with Crippen LogP contribution in [-0.2, 0) is 6.42 Å².